The maximum atomic E-state index is 13.2. The Morgan fingerprint density at radius 1 is 1.09 bits per heavy atom. The third kappa shape index (κ3) is 8.12. The zero-order valence-corrected chi connectivity index (χ0v) is 20.2. The molecule has 2 rings (SSSR count). The van der Waals surface area contributed by atoms with E-state index in [1.807, 2.05) is 0 Å². The summed E-state index contributed by atoms with van der Waals surface area (Å²) in [6.45, 7) is 2.86. The molecule has 0 aliphatic carbocycles. The third-order valence-corrected chi connectivity index (χ3v) is 5.60. The highest BCUT2D eigenvalue weighted by Gasteiger charge is 2.45. The van der Waals surface area contributed by atoms with E-state index in [1.165, 1.54) is 33.1 Å². The van der Waals surface area contributed by atoms with Gasteiger partial charge in [-0.3, -0.25) is 9.59 Å². The minimum atomic E-state index is -4.95. The second-order valence-electron chi connectivity index (χ2n) is 8.42. The van der Waals surface area contributed by atoms with Gasteiger partial charge in [0.15, 0.2) is 6.10 Å². The van der Waals surface area contributed by atoms with E-state index >= 15 is 0 Å². The number of aliphatic hydroxyl groups is 1. The standard InChI is InChI=1S/C24H29ClF3N3O4/c1-13(2)19(21(32)24(26,27)28)30-23(34)20(15-7-5-9-17(12-15)35-3)31-22(33)18(29)11-14-6-4-8-16(25)10-14/h4-10,12-13,18-21,32H,11,29H2,1-3H3,(H,30,34)(H,31,33)/t18-,19-,20?,21-/m0/s1. The molecule has 0 spiro atoms. The molecule has 2 aromatic rings. The molecule has 1 unspecified atom stereocenters. The first-order valence-electron chi connectivity index (χ1n) is 10.8. The lowest BCUT2D eigenvalue weighted by Crippen LogP contribution is -2.56. The van der Waals surface area contributed by atoms with Crippen LogP contribution in [-0.4, -0.2) is 48.4 Å². The largest absolute Gasteiger partial charge is 0.497 e. The average molecular weight is 516 g/mol. The minimum absolute atomic E-state index is 0.111. The molecule has 4 atom stereocenters. The molecule has 11 heteroatoms. The highest BCUT2D eigenvalue weighted by atomic mass is 35.5. The quantitative estimate of drug-likeness (QED) is 0.388. The van der Waals surface area contributed by atoms with Gasteiger partial charge in [-0.1, -0.05) is 49.7 Å². The van der Waals surface area contributed by atoms with Crippen molar-refractivity contribution < 1.29 is 32.6 Å². The van der Waals surface area contributed by atoms with E-state index in [-0.39, 0.29) is 12.0 Å². The first kappa shape index (κ1) is 28.4. The van der Waals surface area contributed by atoms with Crippen molar-refractivity contribution in [3.63, 3.8) is 0 Å². The van der Waals surface area contributed by atoms with Gasteiger partial charge in [-0.05, 0) is 47.7 Å². The van der Waals surface area contributed by atoms with Crippen LogP contribution in [0.25, 0.3) is 0 Å². The Morgan fingerprint density at radius 2 is 1.74 bits per heavy atom. The molecule has 0 radical (unpaired) electrons. The first-order chi connectivity index (χ1) is 16.3. The van der Waals surface area contributed by atoms with Crippen molar-refractivity contribution in [1.82, 2.24) is 10.6 Å². The number of halogens is 4. The molecule has 2 amide bonds. The van der Waals surface area contributed by atoms with E-state index in [0.717, 1.165) is 0 Å². The van der Waals surface area contributed by atoms with Crippen LogP contribution in [0.1, 0.15) is 31.0 Å². The number of hydrogen-bond acceptors (Lipinski definition) is 5. The molecule has 0 fully saturated rings. The maximum Gasteiger partial charge on any atom is 0.416 e. The molecule has 0 aromatic heterocycles. The number of methoxy groups -OCH3 is 1. The van der Waals surface area contributed by atoms with Crippen molar-refractivity contribution >= 4 is 23.4 Å². The summed E-state index contributed by atoms with van der Waals surface area (Å²) in [7, 11) is 1.40. The van der Waals surface area contributed by atoms with Crippen LogP contribution < -0.4 is 21.1 Å². The van der Waals surface area contributed by atoms with Gasteiger partial charge in [0.1, 0.15) is 11.8 Å². The van der Waals surface area contributed by atoms with Gasteiger partial charge in [0, 0.05) is 5.02 Å². The topological polar surface area (TPSA) is 114 Å². The summed E-state index contributed by atoms with van der Waals surface area (Å²) >= 11 is 5.97. The van der Waals surface area contributed by atoms with Crippen LogP contribution in [0.15, 0.2) is 48.5 Å². The lowest BCUT2D eigenvalue weighted by molar-refractivity contribution is -0.215. The summed E-state index contributed by atoms with van der Waals surface area (Å²) in [4.78, 5) is 26.0. The Balaban J connectivity index is 2.30. The second kappa shape index (κ2) is 12.2. The van der Waals surface area contributed by atoms with Gasteiger partial charge in [0.2, 0.25) is 11.8 Å². The first-order valence-corrected chi connectivity index (χ1v) is 11.2. The summed E-state index contributed by atoms with van der Waals surface area (Å²) < 4.78 is 44.7. The Bertz CT molecular complexity index is 1020. The number of aliphatic hydroxyl groups excluding tert-OH is 1. The highest BCUT2D eigenvalue weighted by molar-refractivity contribution is 6.30. The molecule has 0 aliphatic heterocycles. The number of nitrogens with one attached hydrogen (secondary N) is 2. The van der Waals surface area contributed by atoms with E-state index in [0.29, 0.717) is 16.3 Å². The van der Waals surface area contributed by atoms with Crippen LogP contribution in [-0.2, 0) is 16.0 Å². The van der Waals surface area contributed by atoms with Crippen LogP contribution in [0, 0.1) is 5.92 Å². The molecule has 0 aliphatic rings. The average Bonchev–Trinajstić information content (AvgIpc) is 2.79. The molecule has 35 heavy (non-hydrogen) atoms. The van der Waals surface area contributed by atoms with Crippen molar-refractivity contribution in [3.8, 4) is 5.75 Å². The summed E-state index contributed by atoms with van der Waals surface area (Å²) in [5, 5.41) is 15.0. The fourth-order valence-electron chi connectivity index (χ4n) is 3.44. The normalized spacial score (nSPS) is 15.1. The second-order valence-corrected chi connectivity index (χ2v) is 8.86. The van der Waals surface area contributed by atoms with Crippen molar-refractivity contribution in [2.45, 2.75) is 50.7 Å². The zero-order valence-electron chi connectivity index (χ0n) is 19.5. The van der Waals surface area contributed by atoms with Gasteiger partial charge in [0.25, 0.3) is 0 Å². The number of rotatable bonds is 10. The number of amides is 2. The van der Waals surface area contributed by atoms with Gasteiger partial charge < -0.3 is 26.2 Å². The zero-order chi connectivity index (χ0) is 26.3. The van der Waals surface area contributed by atoms with Crippen LogP contribution in [0.4, 0.5) is 13.2 Å². The van der Waals surface area contributed by atoms with Crippen molar-refractivity contribution in [2.75, 3.05) is 7.11 Å². The third-order valence-electron chi connectivity index (χ3n) is 5.36. The fourth-order valence-corrected chi connectivity index (χ4v) is 3.66. The summed E-state index contributed by atoms with van der Waals surface area (Å²) in [6, 6.07) is 8.79. The monoisotopic (exact) mass is 515 g/mol. The Hall–Kier alpha value is -2.82. The molecule has 5 N–H and O–H groups in total. The van der Waals surface area contributed by atoms with Crippen LogP contribution in [0.2, 0.25) is 5.02 Å². The van der Waals surface area contributed by atoms with Gasteiger partial charge in [0.05, 0.1) is 19.2 Å². The summed E-state index contributed by atoms with van der Waals surface area (Å²) in [5.74, 6) is -2.04. The predicted octanol–water partition coefficient (Wildman–Crippen LogP) is 3.14. The molecule has 192 valence electrons. The predicted molar refractivity (Wildman–Crippen MR) is 126 cm³/mol. The number of alkyl halides is 3. The highest BCUT2D eigenvalue weighted by Crippen LogP contribution is 2.27. The lowest BCUT2D eigenvalue weighted by atomic mass is 9.96. The Labute approximate surface area is 206 Å². The number of hydrogen-bond donors (Lipinski definition) is 4. The molecular weight excluding hydrogens is 487 g/mol. The molecule has 0 heterocycles. The van der Waals surface area contributed by atoms with Gasteiger partial charge in [-0.2, -0.15) is 13.2 Å². The number of ether oxygens (including phenoxy) is 1. The number of carbonyl (C=O) groups is 2. The molecule has 0 bridgehead atoms. The van der Waals surface area contributed by atoms with Gasteiger partial charge in [-0.25, -0.2) is 0 Å². The van der Waals surface area contributed by atoms with E-state index < -0.39 is 48.1 Å². The van der Waals surface area contributed by atoms with Crippen molar-refractivity contribution in [3.05, 3.63) is 64.7 Å². The molecule has 0 saturated heterocycles. The maximum absolute atomic E-state index is 13.2. The van der Waals surface area contributed by atoms with Gasteiger partial charge in [-0.15, -0.1) is 0 Å². The summed E-state index contributed by atoms with van der Waals surface area (Å²) in [6.07, 6.45) is -7.63. The van der Waals surface area contributed by atoms with Crippen molar-refractivity contribution in [2.24, 2.45) is 11.7 Å². The minimum Gasteiger partial charge on any atom is -0.497 e. The SMILES string of the molecule is COc1cccc(C(NC(=O)[C@@H](N)Cc2cccc(Cl)c2)C(=O)N[C@@H](C(C)C)[C@H](O)C(F)(F)F)c1. The fraction of sp³-hybridized carbons (Fsp3) is 0.417. The van der Waals surface area contributed by atoms with E-state index in [1.54, 1.807) is 36.4 Å². The Morgan fingerprint density at radius 3 is 2.31 bits per heavy atom. The van der Waals surface area contributed by atoms with E-state index in [9.17, 15) is 27.9 Å². The number of benzene rings is 2. The number of nitrogens with two attached hydrogens (primary N) is 1. The molecular formula is C24H29ClF3N3O4. The molecule has 7 nitrogen and oxygen atoms in total. The van der Waals surface area contributed by atoms with Crippen LogP contribution in [0.5, 0.6) is 5.75 Å². The smallest absolute Gasteiger partial charge is 0.416 e. The van der Waals surface area contributed by atoms with Crippen LogP contribution >= 0.6 is 11.6 Å². The Kier molecular flexibility index (Phi) is 9.93. The lowest BCUT2D eigenvalue weighted by Gasteiger charge is -2.31. The number of carbonyl (C=O) groups excluding carboxylic acids is 2. The summed E-state index contributed by atoms with van der Waals surface area (Å²) in [5.41, 5.74) is 6.99. The molecule has 0 saturated carbocycles. The molecule has 2 aromatic carbocycles. The van der Waals surface area contributed by atoms with E-state index in [4.69, 9.17) is 22.1 Å². The van der Waals surface area contributed by atoms with Crippen LogP contribution in [0.3, 0.4) is 0 Å². The van der Waals surface area contributed by atoms with E-state index in [2.05, 4.69) is 10.6 Å². The van der Waals surface area contributed by atoms with Crippen molar-refractivity contribution in [1.29, 1.82) is 0 Å². The van der Waals surface area contributed by atoms with Gasteiger partial charge >= 0.3 is 6.18 Å².